The molecule has 4 heterocycles. The lowest BCUT2D eigenvalue weighted by Gasteiger charge is -2.05. The Kier molecular flexibility index (Phi) is 3.85. The second-order valence-electron chi connectivity index (χ2n) is 5.47. The van der Waals surface area contributed by atoms with E-state index in [1.54, 1.807) is 24.4 Å². The van der Waals surface area contributed by atoms with Gasteiger partial charge in [0.25, 0.3) is 17.2 Å². The fourth-order valence-corrected chi connectivity index (χ4v) is 2.56. The molecule has 0 bridgehead atoms. The topological polar surface area (TPSA) is 104 Å². The number of halogens is 1. The van der Waals surface area contributed by atoms with Crippen molar-refractivity contribution < 1.29 is 9.53 Å². The Labute approximate surface area is 150 Å². The minimum atomic E-state index is -0.729. The SMILES string of the molecule is Cc1ccnc2nc(C(=O)OCc3cc(=O)n4cc(Cl)ccc4n3)nn12. The summed E-state index contributed by atoms with van der Waals surface area (Å²) in [5.41, 5.74) is 1.17. The molecule has 0 saturated heterocycles. The fraction of sp³-hybridized carbons (Fsp3) is 0.125. The molecule has 0 aliphatic rings. The average Bonchev–Trinajstić information content (AvgIpc) is 3.06. The zero-order valence-corrected chi connectivity index (χ0v) is 14.2. The Hall–Kier alpha value is -3.33. The number of hydrogen-bond acceptors (Lipinski definition) is 7. The number of carbonyl (C=O) groups excluding carboxylic acids is 1. The third-order valence-electron chi connectivity index (χ3n) is 3.64. The number of carbonyl (C=O) groups is 1. The van der Waals surface area contributed by atoms with Crippen LogP contribution in [0.15, 0.2) is 41.5 Å². The van der Waals surface area contributed by atoms with E-state index in [2.05, 4.69) is 20.1 Å². The van der Waals surface area contributed by atoms with Crippen molar-refractivity contribution in [2.45, 2.75) is 13.5 Å². The van der Waals surface area contributed by atoms with Crippen LogP contribution in [0.3, 0.4) is 0 Å². The highest BCUT2D eigenvalue weighted by Gasteiger charge is 2.16. The second kappa shape index (κ2) is 6.19. The molecule has 4 aromatic heterocycles. The van der Waals surface area contributed by atoms with Gasteiger partial charge in [0.05, 0.1) is 10.7 Å². The number of rotatable bonds is 3. The Morgan fingerprint density at radius 1 is 1.27 bits per heavy atom. The molecule has 0 radical (unpaired) electrons. The Bertz CT molecular complexity index is 1220. The van der Waals surface area contributed by atoms with E-state index in [0.29, 0.717) is 22.1 Å². The van der Waals surface area contributed by atoms with Crippen molar-refractivity contribution in [1.29, 1.82) is 0 Å². The van der Waals surface area contributed by atoms with E-state index >= 15 is 0 Å². The predicted octanol–water partition coefficient (Wildman–Crippen LogP) is 1.45. The lowest BCUT2D eigenvalue weighted by molar-refractivity contribution is 0.0453. The number of hydrogen-bond donors (Lipinski definition) is 0. The van der Waals surface area contributed by atoms with Gasteiger partial charge in [-0.15, -0.1) is 5.10 Å². The van der Waals surface area contributed by atoms with Crippen LogP contribution in [-0.2, 0) is 11.3 Å². The van der Waals surface area contributed by atoms with Gasteiger partial charge in [0.1, 0.15) is 12.3 Å². The van der Waals surface area contributed by atoms with Crippen molar-refractivity contribution >= 4 is 29.0 Å². The largest absolute Gasteiger partial charge is 0.453 e. The van der Waals surface area contributed by atoms with Gasteiger partial charge in [0, 0.05) is 24.2 Å². The Balaban J connectivity index is 1.57. The molecule has 26 heavy (non-hydrogen) atoms. The number of nitrogens with zero attached hydrogens (tertiary/aromatic N) is 6. The maximum atomic E-state index is 12.2. The van der Waals surface area contributed by atoms with E-state index in [9.17, 15) is 9.59 Å². The highest BCUT2D eigenvalue weighted by atomic mass is 35.5. The van der Waals surface area contributed by atoms with E-state index in [4.69, 9.17) is 16.3 Å². The summed E-state index contributed by atoms with van der Waals surface area (Å²) in [5, 5.41) is 4.49. The van der Waals surface area contributed by atoms with Gasteiger partial charge < -0.3 is 4.74 Å². The van der Waals surface area contributed by atoms with Gasteiger partial charge in [-0.05, 0) is 25.1 Å². The van der Waals surface area contributed by atoms with Crippen LogP contribution in [0.1, 0.15) is 22.0 Å². The molecule has 0 aromatic carbocycles. The molecular weight excluding hydrogens is 360 g/mol. The number of fused-ring (bicyclic) bond motifs is 2. The van der Waals surface area contributed by atoms with Crippen LogP contribution in [0.4, 0.5) is 0 Å². The molecule has 4 aromatic rings. The van der Waals surface area contributed by atoms with E-state index < -0.39 is 5.97 Å². The molecule has 0 saturated carbocycles. The van der Waals surface area contributed by atoms with Crippen molar-refractivity contribution in [1.82, 2.24) is 29.0 Å². The fourth-order valence-electron chi connectivity index (χ4n) is 2.40. The minimum absolute atomic E-state index is 0.115. The zero-order valence-electron chi connectivity index (χ0n) is 13.5. The number of aryl methyl sites for hydroxylation is 1. The molecule has 10 heteroatoms. The van der Waals surface area contributed by atoms with E-state index in [-0.39, 0.29) is 18.0 Å². The first-order valence-corrected chi connectivity index (χ1v) is 7.92. The molecule has 0 atom stereocenters. The van der Waals surface area contributed by atoms with Crippen molar-refractivity contribution in [3.8, 4) is 0 Å². The quantitative estimate of drug-likeness (QED) is 0.503. The second-order valence-corrected chi connectivity index (χ2v) is 5.91. The standard InChI is InChI=1S/C16H11ClN6O3/c1-9-4-5-18-16-20-14(21-23(9)16)15(25)26-8-11-6-13(24)22-7-10(17)2-3-12(22)19-11/h2-7H,8H2,1H3. The van der Waals surface area contributed by atoms with Gasteiger partial charge in [-0.1, -0.05) is 11.6 Å². The molecule has 0 aliphatic carbocycles. The first kappa shape index (κ1) is 16.2. The summed E-state index contributed by atoms with van der Waals surface area (Å²) in [5.74, 6) is -0.542. The third-order valence-corrected chi connectivity index (χ3v) is 3.86. The summed E-state index contributed by atoms with van der Waals surface area (Å²) >= 11 is 5.87. The van der Waals surface area contributed by atoms with Crippen LogP contribution in [0.5, 0.6) is 0 Å². The molecule has 0 N–H and O–H groups in total. The van der Waals surface area contributed by atoms with E-state index in [1.807, 2.05) is 6.92 Å². The van der Waals surface area contributed by atoms with Crippen LogP contribution in [0.2, 0.25) is 5.02 Å². The van der Waals surface area contributed by atoms with E-state index in [0.717, 1.165) is 5.69 Å². The zero-order chi connectivity index (χ0) is 18.3. The van der Waals surface area contributed by atoms with Gasteiger partial charge >= 0.3 is 5.97 Å². The average molecular weight is 371 g/mol. The van der Waals surface area contributed by atoms with Crippen molar-refractivity contribution in [3.05, 3.63) is 69.2 Å². The summed E-state index contributed by atoms with van der Waals surface area (Å²) in [7, 11) is 0. The van der Waals surface area contributed by atoms with Crippen LogP contribution < -0.4 is 5.56 Å². The highest BCUT2D eigenvalue weighted by molar-refractivity contribution is 6.30. The summed E-state index contributed by atoms with van der Waals surface area (Å²) < 4.78 is 7.93. The lowest BCUT2D eigenvalue weighted by Crippen LogP contribution is -2.17. The maximum absolute atomic E-state index is 12.2. The molecule has 130 valence electrons. The molecular formula is C16H11ClN6O3. The third kappa shape index (κ3) is 2.88. The number of aromatic nitrogens is 6. The van der Waals surface area contributed by atoms with Gasteiger partial charge in [0.15, 0.2) is 0 Å². The predicted molar refractivity (Wildman–Crippen MR) is 91.1 cm³/mol. The molecule has 0 fully saturated rings. The van der Waals surface area contributed by atoms with Crippen molar-refractivity contribution in [2.75, 3.05) is 0 Å². The summed E-state index contributed by atoms with van der Waals surface area (Å²) in [6, 6.07) is 6.25. The van der Waals surface area contributed by atoms with Gasteiger partial charge in [-0.25, -0.2) is 19.3 Å². The normalized spacial score (nSPS) is 11.2. The van der Waals surface area contributed by atoms with Gasteiger partial charge in [0.2, 0.25) is 0 Å². The number of pyridine rings is 1. The lowest BCUT2D eigenvalue weighted by atomic mass is 10.4. The summed E-state index contributed by atoms with van der Waals surface area (Å²) in [4.78, 5) is 36.6. The van der Waals surface area contributed by atoms with Crippen molar-refractivity contribution in [2.24, 2.45) is 0 Å². The van der Waals surface area contributed by atoms with Crippen LogP contribution in [-0.4, -0.2) is 34.9 Å². The Morgan fingerprint density at radius 3 is 2.92 bits per heavy atom. The van der Waals surface area contributed by atoms with E-state index in [1.165, 1.54) is 21.2 Å². The van der Waals surface area contributed by atoms with Crippen LogP contribution >= 0.6 is 11.6 Å². The van der Waals surface area contributed by atoms with Crippen LogP contribution in [0.25, 0.3) is 11.4 Å². The van der Waals surface area contributed by atoms with Crippen molar-refractivity contribution in [3.63, 3.8) is 0 Å². The smallest absolute Gasteiger partial charge is 0.378 e. The monoisotopic (exact) mass is 370 g/mol. The first-order chi connectivity index (χ1) is 12.5. The molecule has 0 unspecified atom stereocenters. The number of esters is 1. The maximum Gasteiger partial charge on any atom is 0.378 e. The molecule has 4 rings (SSSR count). The van der Waals surface area contributed by atoms with Gasteiger partial charge in [-0.3, -0.25) is 9.20 Å². The molecule has 9 nitrogen and oxygen atoms in total. The Morgan fingerprint density at radius 2 is 2.12 bits per heavy atom. The van der Waals surface area contributed by atoms with Crippen LogP contribution in [0, 0.1) is 6.92 Å². The number of ether oxygens (including phenoxy) is 1. The minimum Gasteiger partial charge on any atom is -0.453 e. The summed E-state index contributed by atoms with van der Waals surface area (Å²) in [6.07, 6.45) is 3.05. The first-order valence-electron chi connectivity index (χ1n) is 7.54. The van der Waals surface area contributed by atoms with Gasteiger partial charge in [-0.2, -0.15) is 4.98 Å². The highest BCUT2D eigenvalue weighted by Crippen LogP contribution is 2.09. The molecule has 0 amide bonds. The summed E-state index contributed by atoms with van der Waals surface area (Å²) in [6.45, 7) is 1.63. The molecule has 0 spiro atoms. The molecule has 0 aliphatic heterocycles.